The molecular weight excluding hydrogens is 391 g/mol. The molecule has 1 aliphatic heterocycles. The number of hydrogen-bond donors (Lipinski definition) is 1. The number of halogens is 1. The molecule has 6 nitrogen and oxygen atoms in total. The zero-order valence-electron chi connectivity index (χ0n) is 15.8. The number of fused-ring (bicyclic) bond motifs is 1. The van der Waals surface area contributed by atoms with Crippen LogP contribution in [0.25, 0.3) is 33.4 Å². The molecule has 8 heteroatoms. The molecule has 0 atom stereocenters. The first-order chi connectivity index (χ1) is 14.2. The van der Waals surface area contributed by atoms with Crippen LogP contribution >= 0.6 is 11.3 Å². The third-order valence-corrected chi connectivity index (χ3v) is 5.96. The number of rotatable bonds is 4. The van der Waals surface area contributed by atoms with E-state index in [9.17, 15) is 4.39 Å². The van der Waals surface area contributed by atoms with Crippen molar-refractivity contribution in [1.82, 2.24) is 15.0 Å². The van der Waals surface area contributed by atoms with Gasteiger partial charge in [-0.05, 0) is 12.1 Å². The zero-order valence-corrected chi connectivity index (χ0v) is 16.6. The molecule has 0 aliphatic carbocycles. The summed E-state index contributed by atoms with van der Waals surface area (Å²) in [6.45, 7) is 3.16. The highest BCUT2D eigenvalue weighted by atomic mass is 32.1. The molecule has 3 aromatic heterocycles. The van der Waals surface area contributed by atoms with Gasteiger partial charge in [0.05, 0.1) is 26.0 Å². The van der Waals surface area contributed by atoms with Gasteiger partial charge in [0.25, 0.3) is 0 Å². The number of ether oxygens (including phenoxy) is 2. The summed E-state index contributed by atoms with van der Waals surface area (Å²) in [5, 5.41) is 3.93. The minimum atomic E-state index is -0.391. The molecule has 0 bridgehead atoms. The van der Waals surface area contributed by atoms with Gasteiger partial charge in [0.15, 0.2) is 16.7 Å². The predicted octanol–water partition coefficient (Wildman–Crippen LogP) is 4.34. The van der Waals surface area contributed by atoms with Crippen molar-refractivity contribution in [3.8, 4) is 28.1 Å². The van der Waals surface area contributed by atoms with Gasteiger partial charge in [0, 0.05) is 52.9 Å². The lowest BCUT2D eigenvalue weighted by Gasteiger charge is -2.26. The molecule has 4 heterocycles. The molecule has 0 radical (unpaired) electrons. The minimum absolute atomic E-state index is 0.224. The third-order valence-electron chi connectivity index (χ3n) is 5.06. The average Bonchev–Trinajstić information content (AvgIpc) is 3.41. The van der Waals surface area contributed by atoms with Crippen LogP contribution in [-0.4, -0.2) is 48.4 Å². The highest BCUT2D eigenvalue weighted by Crippen LogP contribution is 2.37. The molecule has 0 amide bonds. The van der Waals surface area contributed by atoms with Crippen LogP contribution < -0.4 is 9.64 Å². The number of nitrogens with zero attached hydrogens (tertiary/aromatic N) is 3. The lowest BCUT2D eigenvalue weighted by atomic mass is 10.0. The number of benzene rings is 1. The number of aromatic amines is 1. The highest BCUT2D eigenvalue weighted by molar-refractivity contribution is 7.14. The molecule has 5 rings (SSSR count). The lowest BCUT2D eigenvalue weighted by molar-refractivity contribution is 0.122. The van der Waals surface area contributed by atoms with Gasteiger partial charge in [-0.25, -0.2) is 14.4 Å². The van der Waals surface area contributed by atoms with Crippen molar-refractivity contribution < 1.29 is 13.9 Å². The lowest BCUT2D eigenvalue weighted by Crippen LogP contribution is -2.36. The fourth-order valence-corrected chi connectivity index (χ4v) is 4.48. The number of pyridine rings is 1. The number of hydrogen-bond acceptors (Lipinski definition) is 6. The number of thiazole rings is 1. The van der Waals surface area contributed by atoms with E-state index in [2.05, 4.69) is 14.9 Å². The molecule has 1 aliphatic rings. The van der Waals surface area contributed by atoms with Crippen molar-refractivity contribution in [3.63, 3.8) is 0 Å². The first-order valence-electron chi connectivity index (χ1n) is 9.33. The molecule has 29 heavy (non-hydrogen) atoms. The number of methoxy groups -OCH3 is 1. The molecule has 0 spiro atoms. The van der Waals surface area contributed by atoms with E-state index in [0.29, 0.717) is 5.56 Å². The molecule has 1 aromatic carbocycles. The smallest absolute Gasteiger partial charge is 0.186 e. The summed E-state index contributed by atoms with van der Waals surface area (Å²) in [6.07, 6.45) is 3.64. The van der Waals surface area contributed by atoms with Gasteiger partial charge >= 0.3 is 0 Å². The van der Waals surface area contributed by atoms with Crippen molar-refractivity contribution in [1.29, 1.82) is 0 Å². The van der Waals surface area contributed by atoms with Gasteiger partial charge in [-0.15, -0.1) is 11.3 Å². The monoisotopic (exact) mass is 410 g/mol. The van der Waals surface area contributed by atoms with E-state index in [1.54, 1.807) is 17.4 Å². The van der Waals surface area contributed by atoms with E-state index in [4.69, 9.17) is 14.5 Å². The van der Waals surface area contributed by atoms with Crippen LogP contribution in [-0.2, 0) is 4.74 Å². The molecule has 0 saturated carbocycles. The number of H-pyrrole nitrogens is 1. The van der Waals surface area contributed by atoms with Crippen molar-refractivity contribution in [3.05, 3.63) is 47.9 Å². The van der Waals surface area contributed by atoms with Gasteiger partial charge in [-0.3, -0.25) is 0 Å². The second-order valence-electron chi connectivity index (χ2n) is 6.76. The molecule has 1 fully saturated rings. The van der Waals surface area contributed by atoms with Crippen LogP contribution in [0.5, 0.6) is 5.75 Å². The van der Waals surface area contributed by atoms with E-state index in [0.717, 1.165) is 59.3 Å². The first kappa shape index (κ1) is 18.1. The summed E-state index contributed by atoms with van der Waals surface area (Å²) in [4.78, 5) is 14.7. The van der Waals surface area contributed by atoms with Crippen LogP contribution in [0.15, 0.2) is 42.0 Å². The second-order valence-corrected chi connectivity index (χ2v) is 7.59. The topological polar surface area (TPSA) is 63.3 Å². The second kappa shape index (κ2) is 7.46. The highest BCUT2D eigenvalue weighted by Gasteiger charge is 2.18. The Balaban J connectivity index is 1.55. The number of aromatic nitrogens is 3. The van der Waals surface area contributed by atoms with E-state index >= 15 is 0 Å². The first-order valence-corrected chi connectivity index (χ1v) is 10.2. The summed E-state index contributed by atoms with van der Waals surface area (Å²) in [6, 6.07) is 6.95. The fourth-order valence-electron chi connectivity index (χ4n) is 3.59. The third kappa shape index (κ3) is 3.24. The number of anilines is 1. The van der Waals surface area contributed by atoms with Crippen molar-refractivity contribution >= 4 is 27.5 Å². The summed E-state index contributed by atoms with van der Waals surface area (Å²) in [5.41, 5.74) is 4.06. The van der Waals surface area contributed by atoms with Gasteiger partial charge < -0.3 is 19.4 Å². The minimum Gasteiger partial charge on any atom is -0.493 e. The number of para-hydroxylation sites is 1. The van der Waals surface area contributed by atoms with Crippen LogP contribution in [0, 0.1) is 5.82 Å². The van der Waals surface area contributed by atoms with Gasteiger partial charge in [0.1, 0.15) is 5.65 Å². The maximum Gasteiger partial charge on any atom is 0.186 e. The Morgan fingerprint density at radius 2 is 2.10 bits per heavy atom. The molecule has 4 aromatic rings. The van der Waals surface area contributed by atoms with E-state index in [1.165, 1.54) is 13.2 Å². The largest absolute Gasteiger partial charge is 0.493 e. The normalized spacial score (nSPS) is 14.5. The standard InChI is InChI=1S/C21H19FN4O2S/c1-27-19-14(3-2-4-17(19)22)16-11-24-20-15(16)9-13(10-23-20)18-12-29-21(25-18)26-5-7-28-8-6-26/h2-4,9-12H,5-8H2,1H3,(H,23,24). The van der Waals surface area contributed by atoms with Gasteiger partial charge in [-0.1, -0.05) is 12.1 Å². The van der Waals surface area contributed by atoms with Crippen LogP contribution in [0.1, 0.15) is 0 Å². The van der Waals surface area contributed by atoms with E-state index in [1.807, 2.05) is 29.9 Å². The SMILES string of the molecule is COc1c(F)cccc1-c1c[nH]c2ncc(-c3csc(N4CCOCC4)n3)cc12. The van der Waals surface area contributed by atoms with Crippen molar-refractivity contribution in [2.45, 2.75) is 0 Å². The molecule has 1 saturated heterocycles. The predicted molar refractivity (Wildman–Crippen MR) is 112 cm³/mol. The fraction of sp³-hybridized carbons (Fsp3) is 0.238. The van der Waals surface area contributed by atoms with Crippen molar-refractivity contribution in [2.24, 2.45) is 0 Å². The summed E-state index contributed by atoms with van der Waals surface area (Å²) in [7, 11) is 1.48. The van der Waals surface area contributed by atoms with Gasteiger partial charge in [0.2, 0.25) is 0 Å². The number of nitrogens with one attached hydrogen (secondary N) is 1. The van der Waals surface area contributed by atoms with E-state index in [-0.39, 0.29) is 5.75 Å². The van der Waals surface area contributed by atoms with E-state index < -0.39 is 5.82 Å². The summed E-state index contributed by atoms with van der Waals surface area (Å²) in [5.74, 6) is -0.166. The van der Waals surface area contributed by atoms with Crippen LogP contribution in [0.4, 0.5) is 9.52 Å². The Bertz CT molecular complexity index is 1170. The number of morpholine rings is 1. The molecular formula is C21H19FN4O2S. The Labute approximate surface area is 170 Å². The zero-order chi connectivity index (χ0) is 19.8. The Hall–Kier alpha value is -2.97. The summed E-state index contributed by atoms with van der Waals surface area (Å²) >= 11 is 1.62. The molecule has 148 valence electrons. The summed E-state index contributed by atoms with van der Waals surface area (Å²) < 4.78 is 24.9. The van der Waals surface area contributed by atoms with Gasteiger partial charge in [-0.2, -0.15) is 0 Å². The maximum absolute atomic E-state index is 14.2. The average molecular weight is 410 g/mol. The molecule has 0 unspecified atom stereocenters. The Morgan fingerprint density at radius 3 is 2.93 bits per heavy atom. The Kier molecular flexibility index (Phi) is 4.65. The Morgan fingerprint density at radius 1 is 1.24 bits per heavy atom. The van der Waals surface area contributed by atoms with Crippen LogP contribution in [0.3, 0.4) is 0 Å². The van der Waals surface area contributed by atoms with Crippen LogP contribution in [0.2, 0.25) is 0 Å². The maximum atomic E-state index is 14.2. The van der Waals surface area contributed by atoms with Crippen molar-refractivity contribution in [2.75, 3.05) is 38.3 Å². The quantitative estimate of drug-likeness (QED) is 0.542. The molecule has 1 N–H and O–H groups in total.